The normalized spacial score (nSPS) is 10.8. The van der Waals surface area contributed by atoms with Crippen molar-refractivity contribution in [2.75, 3.05) is 5.32 Å². The standard InChI is InChI=1S/C14H21F2N5.ClH/c1-4-5-20-8-13(10(2)19-20)17-6-12-7-18-21(11(12)3)9-14(15)16;/h7-8,14,17H,4-6,9H2,1-3H3;1H. The topological polar surface area (TPSA) is 47.7 Å². The fraction of sp³-hybridized carbons (Fsp3) is 0.571. The maximum atomic E-state index is 12.4. The van der Waals surface area contributed by atoms with Crippen LogP contribution < -0.4 is 5.32 Å². The Morgan fingerprint density at radius 3 is 2.68 bits per heavy atom. The second kappa shape index (κ2) is 8.12. The number of aromatic nitrogens is 4. The third kappa shape index (κ3) is 4.43. The first-order valence-corrected chi connectivity index (χ1v) is 7.08. The summed E-state index contributed by atoms with van der Waals surface area (Å²) in [5.74, 6) is 0. The summed E-state index contributed by atoms with van der Waals surface area (Å²) in [6, 6.07) is 0. The van der Waals surface area contributed by atoms with Crippen LogP contribution in [0.15, 0.2) is 12.4 Å². The first-order valence-electron chi connectivity index (χ1n) is 7.08. The van der Waals surface area contributed by atoms with Gasteiger partial charge in [-0.1, -0.05) is 6.92 Å². The maximum Gasteiger partial charge on any atom is 0.257 e. The minimum Gasteiger partial charge on any atom is -0.378 e. The SMILES string of the molecule is CCCn1cc(NCc2cnn(CC(F)F)c2C)c(C)n1.Cl. The lowest BCUT2D eigenvalue weighted by Crippen LogP contribution is -2.10. The molecule has 0 saturated carbocycles. The Morgan fingerprint density at radius 2 is 2.05 bits per heavy atom. The molecule has 0 aromatic carbocycles. The van der Waals surface area contributed by atoms with Crippen molar-refractivity contribution in [3.05, 3.63) is 29.3 Å². The highest BCUT2D eigenvalue weighted by atomic mass is 35.5. The van der Waals surface area contributed by atoms with Gasteiger partial charge in [0, 0.05) is 30.5 Å². The minimum absolute atomic E-state index is 0. The van der Waals surface area contributed by atoms with Crippen molar-refractivity contribution >= 4 is 18.1 Å². The highest BCUT2D eigenvalue weighted by Crippen LogP contribution is 2.16. The summed E-state index contributed by atoms with van der Waals surface area (Å²) in [4.78, 5) is 0. The van der Waals surface area contributed by atoms with Gasteiger partial charge in [-0.05, 0) is 20.3 Å². The Balaban J connectivity index is 0.00000242. The quantitative estimate of drug-likeness (QED) is 0.844. The fourth-order valence-corrected chi connectivity index (χ4v) is 2.20. The Kier molecular flexibility index (Phi) is 6.80. The molecule has 2 heterocycles. The van der Waals surface area contributed by atoms with Crippen molar-refractivity contribution < 1.29 is 8.78 Å². The number of alkyl halides is 2. The fourth-order valence-electron chi connectivity index (χ4n) is 2.20. The molecule has 1 N–H and O–H groups in total. The predicted molar refractivity (Wildman–Crippen MR) is 84.8 cm³/mol. The summed E-state index contributed by atoms with van der Waals surface area (Å²) < 4.78 is 28.1. The number of hydrogen-bond acceptors (Lipinski definition) is 3. The van der Waals surface area contributed by atoms with E-state index in [4.69, 9.17) is 0 Å². The highest BCUT2D eigenvalue weighted by molar-refractivity contribution is 5.85. The first-order chi connectivity index (χ1) is 10.0. The molecule has 0 fully saturated rings. The molecular weight excluding hydrogens is 312 g/mol. The molecule has 0 atom stereocenters. The van der Waals surface area contributed by atoms with Crippen molar-refractivity contribution in [2.24, 2.45) is 0 Å². The molecule has 0 amide bonds. The molecule has 0 radical (unpaired) electrons. The molecule has 5 nitrogen and oxygen atoms in total. The smallest absolute Gasteiger partial charge is 0.257 e. The van der Waals surface area contributed by atoms with E-state index in [1.807, 2.05) is 17.8 Å². The van der Waals surface area contributed by atoms with Crippen molar-refractivity contribution in [1.82, 2.24) is 19.6 Å². The lowest BCUT2D eigenvalue weighted by Gasteiger charge is -2.06. The molecule has 0 saturated heterocycles. The van der Waals surface area contributed by atoms with Crippen LogP contribution in [0.1, 0.15) is 30.3 Å². The van der Waals surface area contributed by atoms with E-state index in [0.29, 0.717) is 6.54 Å². The molecule has 0 bridgehead atoms. The van der Waals surface area contributed by atoms with Gasteiger partial charge in [0.2, 0.25) is 0 Å². The van der Waals surface area contributed by atoms with Gasteiger partial charge in [0.15, 0.2) is 0 Å². The van der Waals surface area contributed by atoms with E-state index in [-0.39, 0.29) is 19.0 Å². The van der Waals surface area contributed by atoms with Crippen LogP contribution in [0.5, 0.6) is 0 Å². The van der Waals surface area contributed by atoms with Gasteiger partial charge in [0.1, 0.15) is 6.54 Å². The summed E-state index contributed by atoms with van der Waals surface area (Å²) in [6.07, 6.45) is 2.24. The molecule has 0 aliphatic heterocycles. The molecule has 2 rings (SSSR count). The highest BCUT2D eigenvalue weighted by Gasteiger charge is 2.11. The van der Waals surface area contributed by atoms with E-state index in [2.05, 4.69) is 22.4 Å². The lowest BCUT2D eigenvalue weighted by molar-refractivity contribution is 0.121. The summed E-state index contributed by atoms with van der Waals surface area (Å²) in [7, 11) is 0. The summed E-state index contributed by atoms with van der Waals surface area (Å²) in [5, 5.41) is 11.7. The number of anilines is 1. The van der Waals surface area contributed by atoms with Crippen molar-refractivity contribution in [3.63, 3.8) is 0 Å². The van der Waals surface area contributed by atoms with Gasteiger partial charge in [0.05, 0.1) is 17.6 Å². The summed E-state index contributed by atoms with van der Waals surface area (Å²) >= 11 is 0. The van der Waals surface area contributed by atoms with Crippen LogP contribution in [0.3, 0.4) is 0 Å². The molecular formula is C14H22ClF2N5. The number of nitrogens with one attached hydrogen (secondary N) is 1. The first kappa shape index (κ1) is 18.4. The molecule has 2 aromatic heterocycles. The van der Waals surface area contributed by atoms with Crippen LogP contribution in [0.4, 0.5) is 14.5 Å². The van der Waals surface area contributed by atoms with Gasteiger partial charge in [-0.15, -0.1) is 12.4 Å². The van der Waals surface area contributed by atoms with E-state index in [1.165, 1.54) is 4.68 Å². The van der Waals surface area contributed by atoms with E-state index >= 15 is 0 Å². The molecule has 8 heteroatoms. The van der Waals surface area contributed by atoms with Crippen molar-refractivity contribution in [1.29, 1.82) is 0 Å². The zero-order valence-corrected chi connectivity index (χ0v) is 13.8. The number of aryl methyl sites for hydroxylation is 2. The van der Waals surface area contributed by atoms with E-state index in [1.54, 1.807) is 13.1 Å². The molecule has 0 aliphatic carbocycles. The van der Waals surface area contributed by atoms with Crippen LogP contribution in [0, 0.1) is 13.8 Å². The minimum atomic E-state index is -2.39. The molecule has 0 unspecified atom stereocenters. The molecule has 22 heavy (non-hydrogen) atoms. The second-order valence-electron chi connectivity index (χ2n) is 5.07. The average Bonchev–Trinajstić information content (AvgIpc) is 2.92. The monoisotopic (exact) mass is 333 g/mol. The third-order valence-electron chi connectivity index (χ3n) is 3.38. The summed E-state index contributed by atoms with van der Waals surface area (Å²) in [6.45, 7) is 6.92. The zero-order valence-electron chi connectivity index (χ0n) is 13.0. The van der Waals surface area contributed by atoms with E-state index < -0.39 is 6.43 Å². The van der Waals surface area contributed by atoms with Crippen LogP contribution >= 0.6 is 12.4 Å². The Hall–Kier alpha value is -1.63. The van der Waals surface area contributed by atoms with Gasteiger partial charge in [-0.2, -0.15) is 10.2 Å². The van der Waals surface area contributed by atoms with E-state index in [9.17, 15) is 8.78 Å². The second-order valence-corrected chi connectivity index (χ2v) is 5.07. The lowest BCUT2D eigenvalue weighted by atomic mass is 10.2. The van der Waals surface area contributed by atoms with Crippen LogP contribution in [0.2, 0.25) is 0 Å². The Bertz CT molecular complexity index is 594. The van der Waals surface area contributed by atoms with Crippen molar-refractivity contribution in [3.8, 4) is 0 Å². The van der Waals surface area contributed by atoms with Gasteiger partial charge in [0.25, 0.3) is 6.43 Å². The zero-order chi connectivity index (χ0) is 15.4. The largest absolute Gasteiger partial charge is 0.378 e. The van der Waals surface area contributed by atoms with Gasteiger partial charge in [-0.25, -0.2) is 8.78 Å². The molecule has 0 aliphatic rings. The van der Waals surface area contributed by atoms with Crippen LogP contribution in [0.25, 0.3) is 0 Å². The third-order valence-corrected chi connectivity index (χ3v) is 3.38. The van der Waals surface area contributed by atoms with Crippen molar-refractivity contribution in [2.45, 2.75) is 53.3 Å². The molecule has 2 aromatic rings. The van der Waals surface area contributed by atoms with E-state index in [0.717, 1.165) is 35.6 Å². The van der Waals surface area contributed by atoms with Gasteiger partial charge < -0.3 is 5.32 Å². The Labute approximate surface area is 135 Å². The predicted octanol–water partition coefficient (Wildman–Crippen LogP) is 3.41. The number of nitrogens with zero attached hydrogens (tertiary/aromatic N) is 4. The number of rotatable bonds is 7. The Morgan fingerprint density at radius 1 is 1.32 bits per heavy atom. The molecule has 124 valence electrons. The van der Waals surface area contributed by atoms with Crippen LogP contribution in [-0.2, 0) is 19.6 Å². The average molecular weight is 334 g/mol. The number of halogens is 3. The van der Waals surface area contributed by atoms with Gasteiger partial charge in [-0.3, -0.25) is 9.36 Å². The van der Waals surface area contributed by atoms with Crippen LogP contribution in [-0.4, -0.2) is 26.0 Å². The summed E-state index contributed by atoms with van der Waals surface area (Å²) in [5.41, 5.74) is 3.57. The maximum absolute atomic E-state index is 12.4. The number of hydrogen-bond donors (Lipinski definition) is 1. The molecule has 0 spiro atoms. The van der Waals surface area contributed by atoms with Gasteiger partial charge >= 0.3 is 0 Å².